The molecule has 15 heavy (non-hydrogen) atoms. The smallest absolute Gasteiger partial charge is 0.237 e. The van der Waals surface area contributed by atoms with Crippen LogP contribution in [-0.4, -0.2) is 18.5 Å². The Bertz CT molecular complexity index is 332. The Morgan fingerprint density at radius 1 is 1.53 bits per heavy atom. The molecule has 0 aliphatic carbocycles. The van der Waals surface area contributed by atoms with E-state index in [1.807, 2.05) is 26.0 Å². The topological polar surface area (TPSA) is 54.3 Å². The first-order valence-electron chi connectivity index (χ1n) is 5.25. The molecule has 1 aromatic heterocycles. The van der Waals surface area contributed by atoms with Crippen LogP contribution in [-0.2, 0) is 4.79 Å². The molecule has 0 aromatic carbocycles. The van der Waals surface area contributed by atoms with E-state index in [0.717, 1.165) is 5.76 Å². The maximum Gasteiger partial charge on any atom is 0.237 e. The zero-order chi connectivity index (χ0) is 10.8. The van der Waals surface area contributed by atoms with E-state index in [1.54, 1.807) is 6.26 Å². The molecule has 1 saturated heterocycles. The molecule has 1 aliphatic heterocycles. The predicted molar refractivity (Wildman–Crippen MR) is 56.2 cm³/mol. The van der Waals surface area contributed by atoms with Crippen LogP contribution in [0.4, 0.5) is 0 Å². The average molecular weight is 208 g/mol. The van der Waals surface area contributed by atoms with Gasteiger partial charge in [0.15, 0.2) is 0 Å². The van der Waals surface area contributed by atoms with Crippen molar-refractivity contribution < 1.29 is 9.21 Å². The molecule has 1 amide bonds. The van der Waals surface area contributed by atoms with Gasteiger partial charge in [-0.1, -0.05) is 13.8 Å². The number of amides is 1. The molecule has 0 saturated carbocycles. The van der Waals surface area contributed by atoms with Gasteiger partial charge in [-0.05, 0) is 18.1 Å². The third-order valence-corrected chi connectivity index (χ3v) is 2.70. The highest BCUT2D eigenvalue weighted by Crippen LogP contribution is 2.18. The highest BCUT2D eigenvalue weighted by molar-refractivity contribution is 5.82. The minimum atomic E-state index is -0.131. The Balaban J connectivity index is 2.09. The van der Waals surface area contributed by atoms with Crippen molar-refractivity contribution in [3.8, 4) is 0 Å². The number of hydrogen-bond acceptors (Lipinski definition) is 3. The molecule has 4 heteroatoms. The van der Waals surface area contributed by atoms with Crippen molar-refractivity contribution in [3.05, 3.63) is 24.2 Å². The van der Waals surface area contributed by atoms with Crippen molar-refractivity contribution in [1.82, 2.24) is 10.6 Å². The molecule has 1 fully saturated rings. The highest BCUT2D eigenvalue weighted by atomic mass is 16.3. The lowest BCUT2D eigenvalue weighted by Gasteiger charge is -2.31. The molecule has 4 nitrogen and oxygen atoms in total. The number of carbonyl (C=O) groups is 1. The highest BCUT2D eigenvalue weighted by Gasteiger charge is 2.31. The van der Waals surface area contributed by atoms with E-state index in [2.05, 4.69) is 10.6 Å². The van der Waals surface area contributed by atoms with Crippen molar-refractivity contribution >= 4 is 5.91 Å². The first kappa shape index (κ1) is 10.2. The second kappa shape index (κ2) is 4.06. The van der Waals surface area contributed by atoms with Gasteiger partial charge in [-0.15, -0.1) is 0 Å². The van der Waals surface area contributed by atoms with Crippen molar-refractivity contribution in [2.75, 3.05) is 6.54 Å². The van der Waals surface area contributed by atoms with Gasteiger partial charge in [-0.2, -0.15) is 0 Å². The SMILES string of the molecule is CC(C)C1NC(c2ccco2)CNC1=O. The zero-order valence-corrected chi connectivity index (χ0v) is 8.99. The quantitative estimate of drug-likeness (QED) is 0.764. The van der Waals surface area contributed by atoms with Crippen LogP contribution in [0.25, 0.3) is 0 Å². The van der Waals surface area contributed by atoms with Gasteiger partial charge in [-0.25, -0.2) is 0 Å². The molecule has 0 bridgehead atoms. The van der Waals surface area contributed by atoms with Crippen molar-refractivity contribution in [3.63, 3.8) is 0 Å². The van der Waals surface area contributed by atoms with Crippen LogP contribution in [0.5, 0.6) is 0 Å². The number of rotatable bonds is 2. The van der Waals surface area contributed by atoms with E-state index >= 15 is 0 Å². The van der Waals surface area contributed by atoms with E-state index in [-0.39, 0.29) is 23.9 Å². The summed E-state index contributed by atoms with van der Waals surface area (Å²) in [5.74, 6) is 1.23. The second-order valence-corrected chi connectivity index (χ2v) is 4.20. The van der Waals surface area contributed by atoms with Gasteiger partial charge in [-0.3, -0.25) is 10.1 Å². The molecule has 0 radical (unpaired) electrons. The van der Waals surface area contributed by atoms with Crippen LogP contribution >= 0.6 is 0 Å². The molecular weight excluding hydrogens is 192 g/mol. The molecule has 2 heterocycles. The Morgan fingerprint density at radius 2 is 2.33 bits per heavy atom. The summed E-state index contributed by atoms with van der Waals surface area (Å²) < 4.78 is 5.32. The van der Waals surface area contributed by atoms with Crippen molar-refractivity contribution in [2.45, 2.75) is 25.9 Å². The minimum Gasteiger partial charge on any atom is -0.468 e. The van der Waals surface area contributed by atoms with E-state index in [4.69, 9.17) is 4.42 Å². The van der Waals surface area contributed by atoms with Crippen LogP contribution < -0.4 is 10.6 Å². The summed E-state index contributed by atoms with van der Waals surface area (Å²) in [4.78, 5) is 11.5. The molecule has 2 rings (SSSR count). The summed E-state index contributed by atoms with van der Waals surface area (Å²) in [6, 6.07) is 3.74. The van der Waals surface area contributed by atoms with E-state index in [0.29, 0.717) is 6.54 Å². The first-order valence-corrected chi connectivity index (χ1v) is 5.25. The third-order valence-electron chi connectivity index (χ3n) is 2.70. The normalized spacial score (nSPS) is 26.7. The van der Waals surface area contributed by atoms with E-state index in [1.165, 1.54) is 0 Å². The average Bonchev–Trinajstić information content (AvgIpc) is 2.71. The van der Waals surface area contributed by atoms with Gasteiger partial charge in [0.1, 0.15) is 5.76 Å². The Morgan fingerprint density at radius 3 is 2.93 bits per heavy atom. The van der Waals surface area contributed by atoms with Crippen LogP contribution in [0.15, 0.2) is 22.8 Å². The minimum absolute atomic E-state index is 0.0767. The Labute approximate surface area is 89.0 Å². The number of furan rings is 1. The molecule has 1 aromatic rings. The Hall–Kier alpha value is -1.29. The summed E-state index contributed by atoms with van der Waals surface area (Å²) in [5.41, 5.74) is 0. The molecule has 0 spiro atoms. The van der Waals surface area contributed by atoms with Gasteiger partial charge < -0.3 is 9.73 Å². The summed E-state index contributed by atoms with van der Waals surface area (Å²) in [5, 5.41) is 6.19. The molecule has 2 atom stereocenters. The van der Waals surface area contributed by atoms with Crippen LogP contribution in [0.2, 0.25) is 0 Å². The van der Waals surface area contributed by atoms with Gasteiger partial charge >= 0.3 is 0 Å². The molecule has 2 N–H and O–H groups in total. The Kier molecular flexibility index (Phi) is 2.77. The van der Waals surface area contributed by atoms with Gasteiger partial charge in [0.05, 0.1) is 18.3 Å². The molecular formula is C11H16N2O2. The van der Waals surface area contributed by atoms with Crippen LogP contribution in [0, 0.1) is 5.92 Å². The summed E-state index contributed by atoms with van der Waals surface area (Å²) >= 11 is 0. The van der Waals surface area contributed by atoms with Crippen molar-refractivity contribution in [2.24, 2.45) is 5.92 Å². The maximum atomic E-state index is 11.5. The van der Waals surface area contributed by atoms with E-state index < -0.39 is 0 Å². The van der Waals surface area contributed by atoms with Gasteiger partial charge in [0.25, 0.3) is 0 Å². The fourth-order valence-corrected chi connectivity index (χ4v) is 1.83. The third kappa shape index (κ3) is 2.04. The fraction of sp³-hybridized carbons (Fsp3) is 0.545. The fourth-order valence-electron chi connectivity index (χ4n) is 1.83. The van der Waals surface area contributed by atoms with Crippen LogP contribution in [0.3, 0.4) is 0 Å². The van der Waals surface area contributed by atoms with Gasteiger partial charge in [0, 0.05) is 6.54 Å². The summed E-state index contributed by atoms with van der Waals surface area (Å²) in [6.45, 7) is 4.65. The summed E-state index contributed by atoms with van der Waals surface area (Å²) in [6.07, 6.45) is 1.65. The summed E-state index contributed by atoms with van der Waals surface area (Å²) in [7, 11) is 0. The number of nitrogens with one attached hydrogen (secondary N) is 2. The second-order valence-electron chi connectivity index (χ2n) is 4.20. The van der Waals surface area contributed by atoms with Crippen molar-refractivity contribution in [1.29, 1.82) is 0 Å². The number of carbonyl (C=O) groups excluding carboxylic acids is 1. The number of piperazine rings is 1. The van der Waals surface area contributed by atoms with Gasteiger partial charge in [0.2, 0.25) is 5.91 Å². The standard InChI is InChI=1S/C11H16N2O2/c1-7(2)10-11(14)12-6-8(13-10)9-4-3-5-15-9/h3-5,7-8,10,13H,6H2,1-2H3,(H,12,14). The lowest BCUT2D eigenvalue weighted by Crippen LogP contribution is -2.56. The lowest BCUT2D eigenvalue weighted by atomic mass is 9.99. The predicted octanol–water partition coefficient (Wildman–Crippen LogP) is 1.06. The number of hydrogen-bond donors (Lipinski definition) is 2. The first-order chi connectivity index (χ1) is 7.18. The lowest BCUT2D eigenvalue weighted by molar-refractivity contribution is -0.126. The molecule has 1 aliphatic rings. The monoisotopic (exact) mass is 208 g/mol. The van der Waals surface area contributed by atoms with Crippen LogP contribution in [0.1, 0.15) is 25.6 Å². The molecule has 82 valence electrons. The largest absolute Gasteiger partial charge is 0.468 e. The maximum absolute atomic E-state index is 11.5. The molecule has 2 unspecified atom stereocenters. The van der Waals surface area contributed by atoms with E-state index in [9.17, 15) is 4.79 Å². The zero-order valence-electron chi connectivity index (χ0n) is 8.99.